The van der Waals surface area contributed by atoms with Gasteiger partial charge >= 0.3 is 11.3 Å². The molecule has 0 aromatic rings. The lowest BCUT2D eigenvalue weighted by Crippen LogP contribution is -2.61. The second-order valence-corrected chi connectivity index (χ2v) is 8.70. The zero-order valence-corrected chi connectivity index (χ0v) is 18.1. The molecule has 0 aromatic heterocycles. The highest BCUT2D eigenvalue weighted by Gasteiger charge is 2.62. The van der Waals surface area contributed by atoms with E-state index < -0.39 is 85.0 Å². The highest BCUT2D eigenvalue weighted by atomic mass is 32.2. The maximum atomic E-state index is 12.4. The van der Waals surface area contributed by atoms with E-state index in [9.17, 15) is 30.0 Å². The average molecular weight is 478 g/mol. The second-order valence-electron chi connectivity index (χ2n) is 7.96. The molecule has 0 amide bonds. The number of ether oxygens (including phenoxy) is 6. The lowest BCUT2D eigenvalue weighted by molar-refractivity contribution is -0.375. The van der Waals surface area contributed by atoms with Crippen LogP contribution in [0.15, 0.2) is 11.6 Å². The summed E-state index contributed by atoms with van der Waals surface area (Å²) in [5.74, 6) is -2.27. The van der Waals surface area contributed by atoms with E-state index in [1.807, 2.05) is 0 Å². The third-order valence-electron chi connectivity index (χ3n) is 6.27. The molecule has 3 heterocycles. The molecule has 12 nitrogen and oxygen atoms in total. The van der Waals surface area contributed by atoms with Gasteiger partial charge in [-0.1, -0.05) is 0 Å². The molecule has 13 heteroatoms. The summed E-state index contributed by atoms with van der Waals surface area (Å²) in [6, 6.07) is 0. The number of esters is 1. The molecule has 180 valence electrons. The minimum atomic E-state index is -1.64. The van der Waals surface area contributed by atoms with E-state index in [0.717, 1.165) is 11.8 Å². The van der Waals surface area contributed by atoms with Crippen LogP contribution >= 0.6 is 11.8 Å². The first-order valence-electron chi connectivity index (χ1n) is 10.1. The number of hydrogen-bond acceptors (Lipinski definition) is 13. The van der Waals surface area contributed by atoms with Crippen molar-refractivity contribution in [3.05, 3.63) is 11.6 Å². The van der Waals surface area contributed by atoms with Crippen molar-refractivity contribution in [3.63, 3.8) is 0 Å². The molecule has 3 aliphatic heterocycles. The summed E-state index contributed by atoms with van der Waals surface area (Å²) in [4.78, 5) is 24.0. The zero-order chi connectivity index (χ0) is 23.2. The molecule has 0 saturated carbocycles. The molecule has 4 rings (SSSR count). The molecule has 3 fully saturated rings. The fourth-order valence-electron chi connectivity index (χ4n) is 4.72. The van der Waals surface area contributed by atoms with Crippen molar-refractivity contribution in [1.29, 1.82) is 0 Å². The van der Waals surface area contributed by atoms with Gasteiger partial charge in [-0.25, -0.2) is 4.79 Å². The van der Waals surface area contributed by atoms with E-state index in [-0.39, 0.29) is 6.61 Å². The van der Waals surface area contributed by atoms with Gasteiger partial charge in [-0.05, 0) is 29.7 Å². The summed E-state index contributed by atoms with van der Waals surface area (Å²) in [5, 5.41) is 39.3. The Morgan fingerprint density at radius 2 is 1.84 bits per heavy atom. The van der Waals surface area contributed by atoms with Gasteiger partial charge in [0, 0.05) is 18.9 Å². The summed E-state index contributed by atoms with van der Waals surface area (Å²) >= 11 is 0.906. The van der Waals surface area contributed by atoms with E-state index in [1.54, 1.807) is 12.3 Å². The Kier molecular flexibility index (Phi) is 7.10. The summed E-state index contributed by atoms with van der Waals surface area (Å²) in [6.45, 7) is -0.706. The third kappa shape index (κ3) is 4.06. The standard InChI is InChI=1S/C19H26O12S/c1-26-16-11-10-7(28-15(11)24)3-6(5-27-19(25)32-2)9(10)17(30-16)31-18-14(23)13(22)12(21)8(4-20)29-18/h3,7-14,16-18,20-23H,4-5H2,1-2H3/t7-,8+,9+,10-,11?,12+,13-,14+,16+,17-,18-/m0/s1. The summed E-state index contributed by atoms with van der Waals surface area (Å²) in [7, 11) is 1.36. The zero-order valence-electron chi connectivity index (χ0n) is 17.3. The fraction of sp³-hybridized carbons (Fsp3) is 0.789. The Balaban J connectivity index is 1.58. The predicted molar refractivity (Wildman–Crippen MR) is 104 cm³/mol. The fourth-order valence-corrected chi connectivity index (χ4v) is 4.90. The van der Waals surface area contributed by atoms with Crippen LogP contribution in [0.4, 0.5) is 4.79 Å². The Labute approximate surface area is 187 Å². The molecular weight excluding hydrogens is 452 g/mol. The number of carbonyl (C=O) groups excluding carboxylic acids is 2. The SMILES string of the molecule is CO[C@@H]1O[C@@H](O[C@@H]2O[C@H](CO)[C@@H](O)[C@H](O)[C@H]2O)[C@@H]2C(COC(=O)SC)=C[C@@H]3OC(=O)C1[C@H]23. The predicted octanol–water partition coefficient (Wildman–Crippen LogP) is -1.65. The van der Waals surface area contributed by atoms with Crippen molar-refractivity contribution < 1.29 is 58.4 Å². The van der Waals surface area contributed by atoms with Gasteiger partial charge in [-0.15, -0.1) is 0 Å². The first-order valence-corrected chi connectivity index (χ1v) is 11.3. The van der Waals surface area contributed by atoms with E-state index in [1.165, 1.54) is 7.11 Å². The second kappa shape index (κ2) is 9.52. The minimum absolute atomic E-state index is 0.0862. The largest absolute Gasteiger partial charge is 0.457 e. The Bertz CT molecular complexity index is 759. The van der Waals surface area contributed by atoms with E-state index >= 15 is 0 Å². The molecule has 1 unspecified atom stereocenters. The van der Waals surface area contributed by atoms with Crippen molar-refractivity contribution in [1.82, 2.24) is 0 Å². The van der Waals surface area contributed by atoms with Crippen LogP contribution in [0.1, 0.15) is 0 Å². The van der Waals surface area contributed by atoms with Gasteiger partial charge in [-0.2, -0.15) is 0 Å². The summed E-state index contributed by atoms with van der Waals surface area (Å²) in [6.07, 6.45) is -6.93. The van der Waals surface area contributed by atoms with E-state index in [0.29, 0.717) is 5.57 Å². The van der Waals surface area contributed by atoms with Gasteiger partial charge in [0.05, 0.1) is 6.61 Å². The Hall–Kier alpha value is -1.29. The molecule has 11 atom stereocenters. The molecule has 4 aliphatic rings. The van der Waals surface area contributed by atoms with Crippen LogP contribution < -0.4 is 0 Å². The van der Waals surface area contributed by atoms with Crippen LogP contribution in [0, 0.1) is 17.8 Å². The number of aliphatic hydroxyl groups is 4. The van der Waals surface area contributed by atoms with Crippen molar-refractivity contribution in [2.45, 2.75) is 49.4 Å². The number of methoxy groups -OCH3 is 1. The smallest absolute Gasteiger partial charge is 0.367 e. The number of thioether (sulfide) groups is 1. The van der Waals surface area contributed by atoms with Gasteiger partial charge in [0.25, 0.3) is 0 Å². The quantitative estimate of drug-likeness (QED) is 0.253. The van der Waals surface area contributed by atoms with Crippen LogP contribution in [0.3, 0.4) is 0 Å². The normalized spacial score (nSPS) is 45.2. The highest BCUT2D eigenvalue weighted by molar-refractivity contribution is 8.12. The maximum Gasteiger partial charge on any atom is 0.367 e. The van der Waals surface area contributed by atoms with Crippen LogP contribution in [0.2, 0.25) is 0 Å². The van der Waals surface area contributed by atoms with Gasteiger partial charge in [0.15, 0.2) is 18.9 Å². The van der Waals surface area contributed by atoms with Crippen LogP contribution in [-0.2, 0) is 33.2 Å². The number of hydrogen-bond donors (Lipinski definition) is 4. The molecule has 32 heavy (non-hydrogen) atoms. The van der Waals surface area contributed by atoms with Crippen molar-refractivity contribution in [2.24, 2.45) is 17.8 Å². The van der Waals surface area contributed by atoms with E-state index in [2.05, 4.69) is 0 Å². The molecule has 3 saturated heterocycles. The van der Waals surface area contributed by atoms with E-state index in [4.69, 9.17) is 28.4 Å². The molecule has 1 aliphatic carbocycles. The minimum Gasteiger partial charge on any atom is -0.457 e. The number of aliphatic hydroxyl groups excluding tert-OH is 4. The lowest BCUT2D eigenvalue weighted by atomic mass is 9.78. The lowest BCUT2D eigenvalue weighted by Gasteiger charge is -2.45. The van der Waals surface area contributed by atoms with Gasteiger partial charge < -0.3 is 48.8 Å². The molecule has 0 aromatic carbocycles. The average Bonchev–Trinajstić information content (AvgIpc) is 3.31. The van der Waals surface area contributed by atoms with Gasteiger partial charge in [0.1, 0.15) is 43.0 Å². The number of carbonyl (C=O) groups is 2. The maximum absolute atomic E-state index is 12.4. The van der Waals surface area contributed by atoms with Crippen molar-refractivity contribution >= 4 is 23.0 Å². The van der Waals surface area contributed by atoms with Gasteiger partial charge in [0.2, 0.25) is 0 Å². The molecule has 4 N–H and O–H groups in total. The summed E-state index contributed by atoms with van der Waals surface area (Å²) < 4.78 is 33.2. The molecule has 0 spiro atoms. The van der Waals surface area contributed by atoms with Gasteiger partial charge in [-0.3, -0.25) is 4.79 Å². The van der Waals surface area contributed by atoms with Crippen LogP contribution in [0.5, 0.6) is 0 Å². The third-order valence-corrected chi connectivity index (χ3v) is 6.72. The Morgan fingerprint density at radius 3 is 2.50 bits per heavy atom. The topological polar surface area (TPSA) is 170 Å². The first kappa shape index (κ1) is 23.9. The van der Waals surface area contributed by atoms with Crippen LogP contribution in [0.25, 0.3) is 0 Å². The highest BCUT2D eigenvalue weighted by Crippen LogP contribution is 2.52. The van der Waals surface area contributed by atoms with Crippen molar-refractivity contribution in [2.75, 3.05) is 26.6 Å². The molecular formula is C19H26O12S. The number of rotatable bonds is 6. The summed E-state index contributed by atoms with van der Waals surface area (Å²) in [5.41, 5.74) is 0.601. The van der Waals surface area contributed by atoms with Crippen molar-refractivity contribution in [3.8, 4) is 0 Å². The van der Waals surface area contributed by atoms with Crippen LogP contribution in [-0.4, -0.2) is 108 Å². The first-order chi connectivity index (χ1) is 15.3. The Morgan fingerprint density at radius 1 is 1.09 bits per heavy atom. The monoisotopic (exact) mass is 478 g/mol. The molecule has 0 bridgehead atoms. The molecule has 0 radical (unpaired) electrons.